The minimum atomic E-state index is -0.0303. The average molecular weight is 428 g/mol. The highest BCUT2D eigenvalue weighted by Gasteiger charge is 2.25. The maximum Gasteiger partial charge on any atom is 0.200 e. The molecule has 0 atom stereocenters. The Morgan fingerprint density at radius 3 is 2.70 bits per heavy atom. The molecular formula is C22H25N3O4S. The van der Waals surface area contributed by atoms with Gasteiger partial charge in [0.25, 0.3) is 0 Å². The number of furan rings is 1. The quantitative estimate of drug-likeness (QED) is 0.368. The zero-order valence-corrected chi connectivity index (χ0v) is 18.0. The standard InChI is InChI=1S/C22H25N3O4S/c1-27-16-10-11-17(20(13-16)28-2)18(26)14-30-22-24-23-21(19-9-6-12-29-19)25(22)15-7-4-3-5-8-15/h6,9-13,15H,3-5,7-8,14H2,1-2H3. The van der Waals surface area contributed by atoms with Gasteiger partial charge in [-0.05, 0) is 37.1 Å². The van der Waals surface area contributed by atoms with Crippen LogP contribution in [0.3, 0.4) is 0 Å². The smallest absolute Gasteiger partial charge is 0.200 e. The van der Waals surface area contributed by atoms with Crippen LogP contribution in [-0.2, 0) is 0 Å². The predicted molar refractivity (Wildman–Crippen MR) is 114 cm³/mol. The summed E-state index contributed by atoms with van der Waals surface area (Å²) in [5.41, 5.74) is 0.529. The number of Topliss-reactive ketones (excluding diaryl/α,β-unsaturated/α-hetero) is 1. The van der Waals surface area contributed by atoms with Gasteiger partial charge in [0.05, 0.1) is 31.8 Å². The van der Waals surface area contributed by atoms with Crippen molar-refractivity contribution in [3.8, 4) is 23.1 Å². The Labute approximate surface area is 179 Å². The Bertz CT molecular complexity index is 994. The van der Waals surface area contributed by atoms with Gasteiger partial charge < -0.3 is 13.9 Å². The second-order valence-electron chi connectivity index (χ2n) is 7.22. The Kier molecular flexibility index (Phi) is 6.42. The number of ketones is 1. The summed E-state index contributed by atoms with van der Waals surface area (Å²) in [6.45, 7) is 0. The molecule has 3 aromatic rings. The Hall–Kier alpha value is -2.74. The molecule has 1 aliphatic carbocycles. The van der Waals surface area contributed by atoms with Crippen LogP contribution in [0.2, 0.25) is 0 Å². The third-order valence-electron chi connectivity index (χ3n) is 5.39. The van der Waals surface area contributed by atoms with E-state index < -0.39 is 0 Å². The molecule has 1 saturated carbocycles. The van der Waals surface area contributed by atoms with Crippen LogP contribution in [0.15, 0.2) is 46.2 Å². The molecular weight excluding hydrogens is 402 g/mol. The second kappa shape index (κ2) is 9.38. The Morgan fingerprint density at radius 1 is 1.17 bits per heavy atom. The first kappa shape index (κ1) is 20.5. The van der Waals surface area contributed by atoms with Crippen molar-refractivity contribution in [1.29, 1.82) is 0 Å². The van der Waals surface area contributed by atoms with Gasteiger partial charge in [-0.15, -0.1) is 10.2 Å². The highest BCUT2D eigenvalue weighted by molar-refractivity contribution is 7.99. The van der Waals surface area contributed by atoms with Gasteiger partial charge in [0.1, 0.15) is 11.5 Å². The molecule has 0 aliphatic heterocycles. The molecule has 2 aromatic heterocycles. The van der Waals surface area contributed by atoms with Crippen LogP contribution in [0.1, 0.15) is 48.5 Å². The number of thioether (sulfide) groups is 1. The first-order chi connectivity index (χ1) is 14.7. The monoisotopic (exact) mass is 427 g/mol. The molecule has 1 fully saturated rings. The molecule has 0 radical (unpaired) electrons. The van der Waals surface area contributed by atoms with Gasteiger partial charge in [-0.1, -0.05) is 31.0 Å². The zero-order chi connectivity index (χ0) is 20.9. The summed E-state index contributed by atoms with van der Waals surface area (Å²) in [5, 5.41) is 9.53. The first-order valence-electron chi connectivity index (χ1n) is 10.1. The lowest BCUT2D eigenvalue weighted by Crippen LogP contribution is -2.15. The molecule has 7 nitrogen and oxygen atoms in total. The Morgan fingerprint density at radius 2 is 2.00 bits per heavy atom. The number of methoxy groups -OCH3 is 2. The van der Waals surface area contributed by atoms with Gasteiger partial charge in [-0.25, -0.2) is 0 Å². The van der Waals surface area contributed by atoms with Crippen molar-refractivity contribution in [3.05, 3.63) is 42.2 Å². The molecule has 4 rings (SSSR count). The molecule has 8 heteroatoms. The first-order valence-corrected chi connectivity index (χ1v) is 11.1. The number of ether oxygens (including phenoxy) is 2. The van der Waals surface area contributed by atoms with Crippen LogP contribution in [0.25, 0.3) is 11.6 Å². The van der Waals surface area contributed by atoms with Crippen LogP contribution in [-0.4, -0.2) is 40.5 Å². The van der Waals surface area contributed by atoms with Crippen molar-refractivity contribution >= 4 is 17.5 Å². The van der Waals surface area contributed by atoms with Crippen LogP contribution < -0.4 is 9.47 Å². The normalized spacial score (nSPS) is 14.6. The molecule has 30 heavy (non-hydrogen) atoms. The molecule has 1 aliphatic rings. The van der Waals surface area contributed by atoms with Crippen LogP contribution >= 0.6 is 11.8 Å². The number of hydrogen-bond donors (Lipinski definition) is 0. The van der Waals surface area contributed by atoms with Gasteiger partial charge in [0, 0.05) is 12.1 Å². The van der Waals surface area contributed by atoms with Crippen molar-refractivity contribution in [1.82, 2.24) is 14.8 Å². The number of carbonyl (C=O) groups is 1. The molecule has 2 heterocycles. The predicted octanol–water partition coefficient (Wildman–Crippen LogP) is 5.04. The van der Waals surface area contributed by atoms with E-state index in [9.17, 15) is 4.79 Å². The van der Waals surface area contributed by atoms with E-state index in [0.717, 1.165) is 23.8 Å². The number of rotatable bonds is 8. The van der Waals surface area contributed by atoms with Crippen molar-refractivity contribution in [2.45, 2.75) is 43.3 Å². The minimum absolute atomic E-state index is 0.0303. The van der Waals surface area contributed by atoms with Crippen molar-refractivity contribution in [2.24, 2.45) is 0 Å². The van der Waals surface area contributed by atoms with Gasteiger partial charge in [-0.2, -0.15) is 0 Å². The van der Waals surface area contributed by atoms with E-state index in [-0.39, 0.29) is 11.5 Å². The van der Waals surface area contributed by atoms with Crippen LogP contribution in [0, 0.1) is 0 Å². The van der Waals surface area contributed by atoms with Gasteiger partial charge in [0.2, 0.25) is 5.82 Å². The van der Waals surface area contributed by atoms with E-state index in [0.29, 0.717) is 28.9 Å². The summed E-state index contributed by atoms with van der Waals surface area (Å²) in [6, 6.07) is 9.28. The van der Waals surface area contributed by atoms with Crippen molar-refractivity contribution in [3.63, 3.8) is 0 Å². The summed E-state index contributed by atoms with van der Waals surface area (Å²) in [4.78, 5) is 12.9. The molecule has 1 aromatic carbocycles. The summed E-state index contributed by atoms with van der Waals surface area (Å²) >= 11 is 1.40. The number of aromatic nitrogens is 3. The molecule has 0 unspecified atom stereocenters. The fraction of sp³-hybridized carbons (Fsp3) is 0.409. The molecule has 0 bridgehead atoms. The lowest BCUT2D eigenvalue weighted by molar-refractivity contribution is 0.101. The van der Waals surface area contributed by atoms with Crippen LogP contribution in [0.4, 0.5) is 0 Å². The van der Waals surface area contributed by atoms with Gasteiger partial charge in [-0.3, -0.25) is 9.36 Å². The molecule has 158 valence electrons. The maximum atomic E-state index is 12.9. The summed E-state index contributed by atoms with van der Waals surface area (Å²) in [7, 11) is 3.13. The van der Waals surface area contributed by atoms with Crippen molar-refractivity contribution in [2.75, 3.05) is 20.0 Å². The fourth-order valence-electron chi connectivity index (χ4n) is 3.85. The molecule has 0 spiro atoms. The highest BCUT2D eigenvalue weighted by atomic mass is 32.2. The van der Waals surface area contributed by atoms with Crippen LogP contribution in [0.5, 0.6) is 11.5 Å². The third-order valence-corrected chi connectivity index (χ3v) is 6.33. The lowest BCUT2D eigenvalue weighted by Gasteiger charge is -2.25. The SMILES string of the molecule is COc1ccc(C(=O)CSc2nnc(-c3ccco3)n2C2CCCCC2)c(OC)c1. The number of hydrogen-bond acceptors (Lipinski definition) is 7. The largest absolute Gasteiger partial charge is 0.497 e. The van der Waals surface area contributed by atoms with E-state index >= 15 is 0 Å². The van der Waals surface area contributed by atoms with Crippen molar-refractivity contribution < 1.29 is 18.7 Å². The molecule has 0 N–H and O–H groups in total. The number of benzene rings is 1. The third kappa shape index (κ3) is 4.23. The summed E-state index contributed by atoms with van der Waals surface area (Å²) in [6.07, 6.45) is 7.44. The van der Waals surface area contributed by atoms with E-state index in [1.807, 2.05) is 12.1 Å². The Balaban J connectivity index is 1.57. The molecule has 0 amide bonds. The number of carbonyl (C=O) groups excluding carboxylic acids is 1. The minimum Gasteiger partial charge on any atom is -0.497 e. The van der Waals surface area contributed by atoms with E-state index in [4.69, 9.17) is 13.9 Å². The maximum absolute atomic E-state index is 12.9. The van der Waals surface area contributed by atoms with E-state index in [2.05, 4.69) is 14.8 Å². The van der Waals surface area contributed by atoms with Gasteiger partial charge in [0.15, 0.2) is 16.7 Å². The number of nitrogens with zero attached hydrogens (tertiary/aromatic N) is 3. The van der Waals surface area contributed by atoms with E-state index in [1.54, 1.807) is 38.7 Å². The summed E-state index contributed by atoms with van der Waals surface area (Å²) in [5.74, 6) is 2.79. The topological polar surface area (TPSA) is 79.4 Å². The van der Waals surface area contributed by atoms with Gasteiger partial charge >= 0.3 is 0 Å². The van der Waals surface area contributed by atoms with E-state index in [1.165, 1.54) is 31.0 Å². The molecule has 0 saturated heterocycles. The lowest BCUT2D eigenvalue weighted by atomic mass is 9.95. The highest BCUT2D eigenvalue weighted by Crippen LogP contribution is 2.36. The fourth-order valence-corrected chi connectivity index (χ4v) is 4.74. The summed E-state index contributed by atoms with van der Waals surface area (Å²) < 4.78 is 18.3. The zero-order valence-electron chi connectivity index (χ0n) is 17.2. The second-order valence-corrected chi connectivity index (χ2v) is 8.17. The average Bonchev–Trinajstić information content (AvgIpc) is 3.47.